The molecule has 1 rings (SSSR count). The van der Waals surface area contributed by atoms with E-state index in [0.717, 1.165) is 12.8 Å². The van der Waals surface area contributed by atoms with Crippen molar-refractivity contribution < 1.29 is 14.6 Å². The highest BCUT2D eigenvalue weighted by Gasteiger charge is 2.09. The number of esters is 1. The molecule has 0 atom stereocenters. The average molecular weight is 352 g/mol. The van der Waals surface area contributed by atoms with Crippen molar-refractivity contribution in [1.29, 1.82) is 0 Å². The third-order valence-electron chi connectivity index (χ3n) is 1.96. The Morgan fingerprint density at radius 3 is 2.44 bits per heavy atom. The maximum absolute atomic E-state index is 11.4. The molecule has 0 aliphatic heterocycles. The van der Waals surface area contributed by atoms with Gasteiger partial charge in [-0.15, -0.1) is 0 Å². The summed E-state index contributed by atoms with van der Waals surface area (Å²) in [5, 5.41) is 9.47. The summed E-state index contributed by atoms with van der Waals surface area (Å²) >= 11 is 6.34. The number of aromatic hydroxyl groups is 1. The first-order chi connectivity index (χ1) is 7.54. The van der Waals surface area contributed by atoms with Gasteiger partial charge in [-0.3, -0.25) is 4.79 Å². The lowest BCUT2D eigenvalue weighted by Gasteiger charge is -2.06. The number of halogens is 2. The van der Waals surface area contributed by atoms with Gasteiger partial charge >= 0.3 is 5.97 Å². The van der Waals surface area contributed by atoms with Crippen LogP contribution >= 0.6 is 31.9 Å². The molecule has 0 heterocycles. The van der Waals surface area contributed by atoms with Gasteiger partial charge < -0.3 is 9.84 Å². The van der Waals surface area contributed by atoms with E-state index in [9.17, 15) is 9.90 Å². The van der Waals surface area contributed by atoms with Crippen LogP contribution in [0.4, 0.5) is 0 Å². The minimum absolute atomic E-state index is 0.0911. The fraction of sp³-hybridized carbons (Fsp3) is 0.364. The Labute approximate surface area is 111 Å². The number of hydrogen-bond donors (Lipinski definition) is 1. The van der Waals surface area contributed by atoms with Crippen LogP contribution in [0, 0.1) is 0 Å². The zero-order chi connectivity index (χ0) is 12.1. The van der Waals surface area contributed by atoms with Crippen molar-refractivity contribution in [2.75, 3.05) is 0 Å². The van der Waals surface area contributed by atoms with Gasteiger partial charge in [0.2, 0.25) is 0 Å². The lowest BCUT2D eigenvalue weighted by molar-refractivity contribution is -0.134. The van der Waals surface area contributed by atoms with Crippen LogP contribution in [0.3, 0.4) is 0 Å². The van der Waals surface area contributed by atoms with Crippen molar-refractivity contribution >= 4 is 37.8 Å². The molecule has 0 saturated heterocycles. The van der Waals surface area contributed by atoms with Crippen molar-refractivity contribution in [2.24, 2.45) is 0 Å². The number of benzene rings is 1. The molecule has 88 valence electrons. The Balaban J connectivity index is 2.71. The molecule has 0 bridgehead atoms. The van der Waals surface area contributed by atoms with E-state index < -0.39 is 0 Å². The Bertz CT molecular complexity index is 368. The lowest BCUT2D eigenvalue weighted by atomic mass is 10.2. The average Bonchev–Trinajstić information content (AvgIpc) is 2.23. The van der Waals surface area contributed by atoms with Crippen LogP contribution in [0.2, 0.25) is 0 Å². The first-order valence-electron chi connectivity index (χ1n) is 4.93. The van der Waals surface area contributed by atoms with Gasteiger partial charge in [-0.25, -0.2) is 0 Å². The van der Waals surface area contributed by atoms with Gasteiger partial charge in [0.15, 0.2) is 0 Å². The Kier molecular flexibility index (Phi) is 5.28. The number of phenols is 1. The number of phenolic OH excluding ortho intramolecular Hbond substituents is 1. The molecule has 0 radical (unpaired) electrons. The molecule has 5 heteroatoms. The molecule has 0 spiro atoms. The van der Waals surface area contributed by atoms with Crippen LogP contribution < -0.4 is 4.74 Å². The summed E-state index contributed by atoms with van der Waals surface area (Å²) in [7, 11) is 0. The van der Waals surface area contributed by atoms with Crippen LogP contribution in [-0.4, -0.2) is 11.1 Å². The standard InChI is InChI=1S/C11H12Br2O3/c1-2-3-4-10(14)16-7-5-8(12)11(15)9(13)6-7/h5-6,15H,2-4H2,1H3. The minimum Gasteiger partial charge on any atom is -0.506 e. The number of carbonyl (C=O) groups excluding carboxylic acids is 1. The third kappa shape index (κ3) is 3.79. The molecule has 1 N–H and O–H groups in total. The second kappa shape index (κ2) is 6.25. The quantitative estimate of drug-likeness (QED) is 0.658. The largest absolute Gasteiger partial charge is 0.506 e. The van der Waals surface area contributed by atoms with Gasteiger partial charge in [0.25, 0.3) is 0 Å². The molecular formula is C11H12Br2O3. The topological polar surface area (TPSA) is 46.5 Å². The summed E-state index contributed by atoms with van der Waals surface area (Å²) in [5.41, 5.74) is 0. The molecule has 0 aliphatic carbocycles. The summed E-state index contributed by atoms with van der Waals surface area (Å²) in [4.78, 5) is 11.4. The minimum atomic E-state index is -0.258. The van der Waals surface area contributed by atoms with Crippen molar-refractivity contribution in [3.8, 4) is 11.5 Å². The van der Waals surface area contributed by atoms with E-state index in [1.54, 1.807) is 12.1 Å². The maximum atomic E-state index is 11.4. The first kappa shape index (κ1) is 13.5. The van der Waals surface area contributed by atoms with Gasteiger partial charge in [0, 0.05) is 6.42 Å². The predicted octanol–water partition coefficient (Wildman–Crippen LogP) is 4.01. The molecule has 1 aromatic rings. The van der Waals surface area contributed by atoms with Crippen LogP contribution in [0.15, 0.2) is 21.1 Å². The summed E-state index contributed by atoms with van der Waals surface area (Å²) < 4.78 is 6.10. The molecule has 0 amide bonds. The van der Waals surface area contributed by atoms with Crippen molar-refractivity contribution in [2.45, 2.75) is 26.2 Å². The Morgan fingerprint density at radius 1 is 1.38 bits per heavy atom. The van der Waals surface area contributed by atoms with Crippen LogP contribution in [0.25, 0.3) is 0 Å². The molecule has 0 unspecified atom stereocenters. The molecule has 0 fully saturated rings. The number of hydrogen-bond acceptors (Lipinski definition) is 3. The Hall–Kier alpha value is -0.550. The van der Waals surface area contributed by atoms with Crippen LogP contribution in [0.5, 0.6) is 11.5 Å². The van der Waals surface area contributed by atoms with Crippen molar-refractivity contribution in [3.05, 3.63) is 21.1 Å². The van der Waals surface area contributed by atoms with E-state index in [1.165, 1.54) is 0 Å². The highest BCUT2D eigenvalue weighted by atomic mass is 79.9. The number of unbranched alkanes of at least 4 members (excludes halogenated alkanes) is 1. The molecule has 0 aromatic heterocycles. The lowest BCUT2D eigenvalue weighted by Crippen LogP contribution is -2.07. The smallest absolute Gasteiger partial charge is 0.311 e. The van der Waals surface area contributed by atoms with Crippen LogP contribution in [-0.2, 0) is 4.79 Å². The van der Waals surface area contributed by atoms with E-state index in [0.29, 0.717) is 21.1 Å². The van der Waals surface area contributed by atoms with Crippen molar-refractivity contribution in [1.82, 2.24) is 0 Å². The fourth-order valence-electron chi connectivity index (χ4n) is 1.10. The Morgan fingerprint density at radius 2 is 1.94 bits per heavy atom. The SMILES string of the molecule is CCCCC(=O)Oc1cc(Br)c(O)c(Br)c1. The van der Waals surface area contributed by atoms with Gasteiger partial charge in [0.05, 0.1) is 8.95 Å². The fourth-order valence-corrected chi connectivity index (χ4v) is 2.25. The zero-order valence-corrected chi connectivity index (χ0v) is 12.0. The summed E-state index contributed by atoms with van der Waals surface area (Å²) in [5.74, 6) is 0.248. The van der Waals surface area contributed by atoms with Gasteiger partial charge in [-0.05, 0) is 50.4 Å². The van der Waals surface area contributed by atoms with E-state index >= 15 is 0 Å². The second-order valence-corrected chi connectivity index (χ2v) is 5.02. The molecule has 1 aromatic carbocycles. The first-order valence-corrected chi connectivity index (χ1v) is 6.52. The maximum Gasteiger partial charge on any atom is 0.311 e. The zero-order valence-electron chi connectivity index (χ0n) is 8.80. The molecule has 3 nitrogen and oxygen atoms in total. The van der Waals surface area contributed by atoms with Gasteiger partial charge in [-0.2, -0.15) is 0 Å². The number of rotatable bonds is 4. The normalized spacial score (nSPS) is 10.2. The predicted molar refractivity (Wildman–Crippen MR) is 68.7 cm³/mol. The summed E-state index contributed by atoms with van der Waals surface area (Å²) in [6.07, 6.45) is 2.18. The summed E-state index contributed by atoms with van der Waals surface area (Å²) in [6, 6.07) is 3.12. The number of ether oxygens (including phenoxy) is 1. The van der Waals surface area contributed by atoms with E-state index in [-0.39, 0.29) is 11.7 Å². The van der Waals surface area contributed by atoms with E-state index in [1.807, 2.05) is 6.92 Å². The highest BCUT2D eigenvalue weighted by Crippen LogP contribution is 2.36. The van der Waals surface area contributed by atoms with Gasteiger partial charge in [-0.1, -0.05) is 13.3 Å². The van der Waals surface area contributed by atoms with Crippen LogP contribution in [0.1, 0.15) is 26.2 Å². The summed E-state index contributed by atoms with van der Waals surface area (Å²) in [6.45, 7) is 2.01. The monoisotopic (exact) mass is 350 g/mol. The van der Waals surface area contributed by atoms with E-state index in [4.69, 9.17) is 4.74 Å². The van der Waals surface area contributed by atoms with Gasteiger partial charge in [0.1, 0.15) is 11.5 Å². The molecule has 0 aliphatic rings. The molecule has 16 heavy (non-hydrogen) atoms. The molecular weight excluding hydrogens is 340 g/mol. The second-order valence-electron chi connectivity index (χ2n) is 3.31. The van der Waals surface area contributed by atoms with Crippen molar-refractivity contribution in [3.63, 3.8) is 0 Å². The number of carbonyl (C=O) groups is 1. The third-order valence-corrected chi connectivity index (χ3v) is 3.17. The molecule has 0 saturated carbocycles. The van der Waals surface area contributed by atoms with E-state index in [2.05, 4.69) is 31.9 Å². The highest BCUT2D eigenvalue weighted by molar-refractivity contribution is 9.11.